The summed E-state index contributed by atoms with van der Waals surface area (Å²) in [6.07, 6.45) is 11.5. The second kappa shape index (κ2) is 11.5. The molecule has 0 atom stereocenters. The molecule has 1 fully saturated rings. The van der Waals surface area contributed by atoms with Gasteiger partial charge >= 0.3 is 0 Å². The van der Waals surface area contributed by atoms with Crippen molar-refractivity contribution in [3.8, 4) is 11.5 Å². The van der Waals surface area contributed by atoms with Gasteiger partial charge in [-0.2, -0.15) is 5.10 Å². The highest BCUT2D eigenvalue weighted by molar-refractivity contribution is 5.92. The minimum atomic E-state index is -0.0435. The molecule has 0 radical (unpaired) electrons. The zero-order valence-corrected chi connectivity index (χ0v) is 17.9. The number of amides is 1. The van der Waals surface area contributed by atoms with E-state index in [-0.39, 0.29) is 18.3 Å². The molecule has 0 aliphatic heterocycles. The number of hydrogen-bond donors (Lipinski definition) is 1. The highest BCUT2D eigenvalue weighted by Crippen LogP contribution is 2.28. The molecule has 1 aliphatic rings. The minimum Gasteiger partial charge on any atom is -0.493 e. The molecule has 1 amide bonds. The molecule has 0 unspecified atom stereocenters. The standard InChI is InChI=1S/C22H29N3O3.ClH/c1-17-4-8-19(9-5-17)24-22(26)11-7-18-6-10-20(21(16-18)27-2)28-15-14-25-13-3-12-23-25;/h3,6-7,10-13,16-17,19H,4-5,8-9,14-15H2,1-2H3,(H,24,26);1H/b11-7+;. The van der Waals surface area contributed by atoms with Gasteiger partial charge in [0.2, 0.25) is 5.91 Å². The van der Waals surface area contributed by atoms with Gasteiger partial charge in [-0.15, -0.1) is 12.4 Å². The van der Waals surface area contributed by atoms with E-state index in [1.807, 2.05) is 35.1 Å². The van der Waals surface area contributed by atoms with E-state index in [2.05, 4.69) is 17.3 Å². The lowest BCUT2D eigenvalue weighted by Gasteiger charge is -2.26. The number of halogens is 1. The summed E-state index contributed by atoms with van der Waals surface area (Å²) in [5.74, 6) is 2.05. The summed E-state index contributed by atoms with van der Waals surface area (Å²) < 4.78 is 13.0. The first-order valence-corrected chi connectivity index (χ1v) is 9.91. The second-order valence-electron chi connectivity index (χ2n) is 7.33. The zero-order chi connectivity index (χ0) is 19.8. The van der Waals surface area contributed by atoms with Crippen LogP contribution in [0.15, 0.2) is 42.7 Å². The molecule has 1 aliphatic carbocycles. The van der Waals surface area contributed by atoms with Crippen LogP contribution in [0, 0.1) is 5.92 Å². The van der Waals surface area contributed by atoms with E-state index in [9.17, 15) is 4.79 Å². The Morgan fingerprint density at radius 2 is 2.07 bits per heavy atom. The molecule has 0 saturated heterocycles. The summed E-state index contributed by atoms with van der Waals surface area (Å²) in [5.41, 5.74) is 0.892. The molecule has 1 N–H and O–H groups in total. The predicted octanol–water partition coefficient (Wildman–Crippen LogP) is 4.10. The van der Waals surface area contributed by atoms with Gasteiger partial charge in [-0.3, -0.25) is 9.48 Å². The average molecular weight is 420 g/mol. The third-order valence-electron chi connectivity index (χ3n) is 5.11. The molecule has 6 nitrogen and oxygen atoms in total. The molecule has 2 aromatic rings. The SMILES string of the molecule is COc1cc(/C=C/C(=O)NC2CCC(C)CC2)ccc1OCCn1cccn1.Cl. The molecule has 1 aromatic carbocycles. The third-order valence-corrected chi connectivity index (χ3v) is 5.11. The van der Waals surface area contributed by atoms with E-state index in [1.165, 1.54) is 12.8 Å². The fourth-order valence-corrected chi connectivity index (χ4v) is 3.41. The summed E-state index contributed by atoms with van der Waals surface area (Å²) in [6.45, 7) is 3.43. The number of methoxy groups -OCH3 is 1. The Kier molecular flexibility index (Phi) is 9.06. The Hall–Kier alpha value is -2.47. The Bertz CT molecular complexity index is 785. The van der Waals surface area contributed by atoms with Gasteiger partial charge in [-0.25, -0.2) is 0 Å². The number of hydrogen-bond acceptors (Lipinski definition) is 4. The predicted molar refractivity (Wildman–Crippen MR) is 117 cm³/mol. The highest BCUT2D eigenvalue weighted by Gasteiger charge is 2.18. The van der Waals surface area contributed by atoms with Crippen LogP contribution in [-0.4, -0.2) is 35.4 Å². The largest absolute Gasteiger partial charge is 0.493 e. The van der Waals surface area contributed by atoms with Crippen LogP contribution >= 0.6 is 12.4 Å². The van der Waals surface area contributed by atoms with Crippen molar-refractivity contribution in [3.05, 3.63) is 48.3 Å². The van der Waals surface area contributed by atoms with Crippen LogP contribution in [0.5, 0.6) is 11.5 Å². The van der Waals surface area contributed by atoms with Crippen molar-refractivity contribution in [2.45, 2.75) is 45.2 Å². The van der Waals surface area contributed by atoms with Gasteiger partial charge < -0.3 is 14.8 Å². The Morgan fingerprint density at radius 1 is 1.28 bits per heavy atom. The number of aromatic nitrogens is 2. The van der Waals surface area contributed by atoms with Crippen molar-refractivity contribution >= 4 is 24.4 Å². The molecule has 0 spiro atoms. The molecule has 29 heavy (non-hydrogen) atoms. The quantitative estimate of drug-likeness (QED) is 0.654. The minimum absolute atomic E-state index is 0. The number of carbonyl (C=O) groups is 1. The number of benzene rings is 1. The van der Waals surface area contributed by atoms with E-state index in [1.54, 1.807) is 25.5 Å². The number of ether oxygens (including phenoxy) is 2. The second-order valence-corrected chi connectivity index (χ2v) is 7.33. The summed E-state index contributed by atoms with van der Waals surface area (Å²) in [4.78, 5) is 12.2. The molecular formula is C22H30ClN3O3. The van der Waals surface area contributed by atoms with Crippen LogP contribution in [0.3, 0.4) is 0 Å². The molecule has 1 heterocycles. The number of rotatable bonds is 8. The fourth-order valence-electron chi connectivity index (χ4n) is 3.41. The van der Waals surface area contributed by atoms with Crippen LogP contribution in [0.2, 0.25) is 0 Å². The van der Waals surface area contributed by atoms with Crippen LogP contribution in [0.1, 0.15) is 38.2 Å². The molecule has 1 aromatic heterocycles. The first kappa shape index (κ1) is 22.8. The van der Waals surface area contributed by atoms with Gasteiger partial charge in [-0.1, -0.05) is 13.0 Å². The van der Waals surface area contributed by atoms with Crippen molar-refractivity contribution in [1.29, 1.82) is 0 Å². The van der Waals surface area contributed by atoms with Crippen molar-refractivity contribution in [3.63, 3.8) is 0 Å². The normalized spacial score (nSPS) is 18.8. The summed E-state index contributed by atoms with van der Waals surface area (Å²) in [5, 5.41) is 7.25. The smallest absolute Gasteiger partial charge is 0.244 e. The highest BCUT2D eigenvalue weighted by atomic mass is 35.5. The number of nitrogens with one attached hydrogen (secondary N) is 1. The maximum Gasteiger partial charge on any atom is 0.244 e. The monoisotopic (exact) mass is 419 g/mol. The van der Waals surface area contributed by atoms with Gasteiger partial charge in [0.05, 0.1) is 13.7 Å². The maximum atomic E-state index is 12.2. The maximum absolute atomic E-state index is 12.2. The number of carbonyl (C=O) groups excluding carboxylic acids is 1. The molecule has 3 rings (SSSR count). The lowest BCUT2D eigenvalue weighted by molar-refractivity contribution is -0.117. The Morgan fingerprint density at radius 3 is 2.76 bits per heavy atom. The summed E-state index contributed by atoms with van der Waals surface area (Å²) >= 11 is 0. The molecule has 0 bridgehead atoms. The van der Waals surface area contributed by atoms with Crippen molar-refractivity contribution in [2.24, 2.45) is 5.92 Å². The first-order valence-electron chi connectivity index (χ1n) is 9.91. The lowest BCUT2D eigenvalue weighted by atomic mass is 9.87. The average Bonchev–Trinajstić information content (AvgIpc) is 3.22. The van der Waals surface area contributed by atoms with Crippen molar-refractivity contribution < 1.29 is 14.3 Å². The molecule has 7 heteroatoms. The summed E-state index contributed by atoms with van der Waals surface area (Å²) in [6, 6.07) is 7.83. The fraction of sp³-hybridized carbons (Fsp3) is 0.455. The number of nitrogens with zero attached hydrogens (tertiary/aromatic N) is 2. The Balaban J connectivity index is 0.00000300. The van der Waals surface area contributed by atoms with Gasteiger partial charge in [0, 0.05) is 24.5 Å². The van der Waals surface area contributed by atoms with Gasteiger partial charge in [-0.05, 0) is 61.4 Å². The van der Waals surface area contributed by atoms with E-state index < -0.39 is 0 Å². The zero-order valence-electron chi connectivity index (χ0n) is 17.0. The Labute approximate surface area is 178 Å². The van der Waals surface area contributed by atoms with Crippen molar-refractivity contribution in [2.75, 3.05) is 13.7 Å². The van der Waals surface area contributed by atoms with Crippen LogP contribution in [0.25, 0.3) is 6.08 Å². The van der Waals surface area contributed by atoms with E-state index >= 15 is 0 Å². The molecule has 158 valence electrons. The van der Waals surface area contributed by atoms with Gasteiger partial charge in [0.1, 0.15) is 6.61 Å². The van der Waals surface area contributed by atoms with Crippen LogP contribution in [-0.2, 0) is 11.3 Å². The summed E-state index contributed by atoms with van der Waals surface area (Å²) in [7, 11) is 1.61. The van der Waals surface area contributed by atoms with E-state index in [4.69, 9.17) is 9.47 Å². The first-order chi connectivity index (χ1) is 13.6. The lowest BCUT2D eigenvalue weighted by Crippen LogP contribution is -2.36. The van der Waals surface area contributed by atoms with Gasteiger partial charge in [0.25, 0.3) is 0 Å². The van der Waals surface area contributed by atoms with Crippen LogP contribution < -0.4 is 14.8 Å². The topological polar surface area (TPSA) is 65.4 Å². The van der Waals surface area contributed by atoms with E-state index in [0.29, 0.717) is 30.7 Å². The third kappa shape index (κ3) is 7.13. The van der Waals surface area contributed by atoms with E-state index in [0.717, 1.165) is 24.3 Å². The molecule has 1 saturated carbocycles. The molecular weight excluding hydrogens is 390 g/mol. The van der Waals surface area contributed by atoms with Crippen molar-refractivity contribution in [1.82, 2.24) is 15.1 Å². The van der Waals surface area contributed by atoms with Crippen LogP contribution in [0.4, 0.5) is 0 Å². The van der Waals surface area contributed by atoms with Gasteiger partial charge in [0.15, 0.2) is 11.5 Å².